The van der Waals surface area contributed by atoms with Crippen molar-refractivity contribution in [2.45, 2.75) is 18.6 Å². The van der Waals surface area contributed by atoms with E-state index in [9.17, 15) is 9.18 Å². The van der Waals surface area contributed by atoms with Gasteiger partial charge < -0.3 is 11.1 Å². The van der Waals surface area contributed by atoms with Crippen LogP contribution in [-0.4, -0.2) is 24.7 Å². The van der Waals surface area contributed by atoms with Crippen molar-refractivity contribution in [3.8, 4) is 0 Å². The van der Waals surface area contributed by atoms with E-state index in [0.717, 1.165) is 0 Å². The Morgan fingerprint density at radius 1 is 1.78 bits per heavy atom. The van der Waals surface area contributed by atoms with E-state index < -0.39 is 18.1 Å². The van der Waals surface area contributed by atoms with Crippen LogP contribution in [0.15, 0.2) is 0 Å². The van der Waals surface area contributed by atoms with Crippen LogP contribution in [0.1, 0.15) is 6.42 Å². The number of nitrogens with one attached hydrogen (secondary N) is 1. The Morgan fingerprint density at radius 2 is 2.44 bits per heavy atom. The summed E-state index contributed by atoms with van der Waals surface area (Å²) in [5.41, 5.74) is 4.89. The lowest BCUT2D eigenvalue weighted by atomic mass is 10.2. The lowest BCUT2D eigenvalue weighted by molar-refractivity contribution is -0.119. The van der Waals surface area contributed by atoms with Crippen molar-refractivity contribution >= 4 is 5.91 Å². The molecule has 3 N–H and O–H groups in total. The minimum absolute atomic E-state index is 0.231. The third-order valence-electron chi connectivity index (χ3n) is 1.42. The van der Waals surface area contributed by atoms with Gasteiger partial charge in [0.1, 0.15) is 6.17 Å². The van der Waals surface area contributed by atoms with E-state index in [1.54, 1.807) is 0 Å². The molecule has 1 saturated heterocycles. The van der Waals surface area contributed by atoms with E-state index in [-0.39, 0.29) is 13.0 Å². The standard InChI is InChI=1S/C5H9FN2O/c6-3-1-4(5(7)9)8-2-3/h3-4,8H,1-2H2,(H2,7,9)/t3-,4?/m0/s1. The van der Waals surface area contributed by atoms with E-state index >= 15 is 0 Å². The summed E-state index contributed by atoms with van der Waals surface area (Å²) >= 11 is 0. The van der Waals surface area contributed by atoms with Crippen molar-refractivity contribution in [2.24, 2.45) is 5.73 Å². The van der Waals surface area contributed by atoms with Gasteiger partial charge in [-0.05, 0) is 0 Å². The summed E-state index contributed by atoms with van der Waals surface area (Å²) in [6.45, 7) is 0.258. The second kappa shape index (κ2) is 2.31. The third-order valence-corrected chi connectivity index (χ3v) is 1.42. The van der Waals surface area contributed by atoms with Crippen LogP contribution >= 0.6 is 0 Å². The Balaban J connectivity index is 2.39. The summed E-state index contributed by atoms with van der Waals surface area (Å²) < 4.78 is 12.3. The zero-order chi connectivity index (χ0) is 6.85. The first-order valence-corrected chi connectivity index (χ1v) is 2.87. The number of primary amides is 1. The molecule has 0 aromatic heterocycles. The molecule has 1 aliphatic rings. The van der Waals surface area contributed by atoms with Crippen LogP contribution in [0.2, 0.25) is 0 Å². The molecule has 0 radical (unpaired) electrons. The van der Waals surface area contributed by atoms with Crippen LogP contribution in [0.25, 0.3) is 0 Å². The second-order valence-electron chi connectivity index (χ2n) is 2.20. The van der Waals surface area contributed by atoms with Crippen LogP contribution in [0.3, 0.4) is 0 Å². The van der Waals surface area contributed by atoms with Crippen LogP contribution in [-0.2, 0) is 4.79 Å². The Hall–Kier alpha value is -0.640. The van der Waals surface area contributed by atoms with Gasteiger partial charge in [-0.3, -0.25) is 4.79 Å². The molecule has 2 atom stereocenters. The van der Waals surface area contributed by atoms with Gasteiger partial charge in [0.05, 0.1) is 6.04 Å². The molecule has 9 heavy (non-hydrogen) atoms. The third kappa shape index (κ3) is 1.38. The quantitative estimate of drug-likeness (QED) is 0.489. The summed E-state index contributed by atoms with van der Waals surface area (Å²) in [4.78, 5) is 10.3. The SMILES string of the molecule is NC(=O)C1C[C@H](F)CN1. The Morgan fingerprint density at radius 3 is 2.67 bits per heavy atom. The average Bonchev–Trinajstić information content (AvgIpc) is 2.14. The molecule has 0 spiro atoms. The molecule has 1 amide bonds. The molecule has 0 aromatic rings. The zero-order valence-electron chi connectivity index (χ0n) is 4.93. The number of carbonyl (C=O) groups is 1. The van der Waals surface area contributed by atoms with Crippen molar-refractivity contribution in [3.05, 3.63) is 0 Å². The highest BCUT2D eigenvalue weighted by atomic mass is 19.1. The Labute approximate surface area is 52.4 Å². The Bertz CT molecular complexity index is 128. The molecule has 0 aliphatic carbocycles. The molecule has 1 rings (SSSR count). The zero-order valence-corrected chi connectivity index (χ0v) is 4.93. The number of rotatable bonds is 1. The number of hydrogen-bond acceptors (Lipinski definition) is 2. The van der Waals surface area contributed by atoms with Gasteiger partial charge in [-0.1, -0.05) is 0 Å². The lowest BCUT2D eigenvalue weighted by Gasteiger charge is -2.00. The largest absolute Gasteiger partial charge is 0.368 e. The van der Waals surface area contributed by atoms with Gasteiger partial charge in [-0.15, -0.1) is 0 Å². The number of halogens is 1. The molecule has 0 bridgehead atoms. The van der Waals surface area contributed by atoms with Gasteiger partial charge >= 0.3 is 0 Å². The predicted octanol–water partition coefficient (Wildman–Crippen LogP) is -0.828. The van der Waals surface area contributed by atoms with E-state index in [2.05, 4.69) is 5.32 Å². The molecule has 52 valence electrons. The topological polar surface area (TPSA) is 55.1 Å². The van der Waals surface area contributed by atoms with Crippen LogP contribution in [0, 0.1) is 0 Å². The molecule has 0 aromatic carbocycles. The number of hydrogen-bond donors (Lipinski definition) is 2. The molecule has 1 fully saturated rings. The molecule has 0 saturated carbocycles. The number of carbonyl (C=O) groups excluding carboxylic acids is 1. The average molecular weight is 132 g/mol. The maximum Gasteiger partial charge on any atom is 0.234 e. The highest BCUT2D eigenvalue weighted by Crippen LogP contribution is 2.08. The highest BCUT2D eigenvalue weighted by molar-refractivity contribution is 5.80. The fourth-order valence-electron chi connectivity index (χ4n) is 0.909. The van der Waals surface area contributed by atoms with E-state index in [0.29, 0.717) is 0 Å². The first-order valence-electron chi connectivity index (χ1n) is 2.87. The molecular formula is C5H9FN2O. The van der Waals surface area contributed by atoms with E-state index in [1.165, 1.54) is 0 Å². The number of alkyl halides is 1. The maximum absolute atomic E-state index is 12.3. The molecule has 1 aliphatic heterocycles. The normalized spacial score (nSPS) is 34.8. The minimum Gasteiger partial charge on any atom is -0.368 e. The van der Waals surface area contributed by atoms with Crippen molar-refractivity contribution in [1.82, 2.24) is 5.32 Å². The first kappa shape index (κ1) is 6.48. The summed E-state index contributed by atoms with van der Waals surface area (Å²) in [6, 6.07) is -0.444. The van der Waals surface area contributed by atoms with Gasteiger partial charge in [0.25, 0.3) is 0 Å². The van der Waals surface area contributed by atoms with Crippen molar-refractivity contribution in [2.75, 3.05) is 6.54 Å². The van der Waals surface area contributed by atoms with Gasteiger partial charge in [0.15, 0.2) is 0 Å². The molecule has 1 heterocycles. The van der Waals surface area contributed by atoms with Crippen LogP contribution < -0.4 is 11.1 Å². The lowest BCUT2D eigenvalue weighted by Crippen LogP contribution is -2.36. The number of amides is 1. The van der Waals surface area contributed by atoms with Gasteiger partial charge in [-0.25, -0.2) is 4.39 Å². The summed E-state index contributed by atoms with van der Waals surface area (Å²) in [5.74, 6) is -0.463. The molecule has 1 unspecified atom stereocenters. The van der Waals surface area contributed by atoms with Gasteiger partial charge in [0.2, 0.25) is 5.91 Å². The van der Waals surface area contributed by atoms with Gasteiger partial charge in [0, 0.05) is 13.0 Å². The summed E-state index contributed by atoms with van der Waals surface area (Å²) in [6.07, 6.45) is -0.669. The predicted molar refractivity (Wildman–Crippen MR) is 30.5 cm³/mol. The second-order valence-corrected chi connectivity index (χ2v) is 2.20. The van der Waals surface area contributed by atoms with Crippen molar-refractivity contribution < 1.29 is 9.18 Å². The van der Waals surface area contributed by atoms with Crippen molar-refractivity contribution in [3.63, 3.8) is 0 Å². The van der Waals surface area contributed by atoms with E-state index in [4.69, 9.17) is 5.73 Å². The maximum atomic E-state index is 12.3. The van der Waals surface area contributed by atoms with E-state index in [1.807, 2.05) is 0 Å². The smallest absolute Gasteiger partial charge is 0.234 e. The fraction of sp³-hybridized carbons (Fsp3) is 0.800. The fourth-order valence-corrected chi connectivity index (χ4v) is 0.909. The first-order chi connectivity index (χ1) is 4.20. The minimum atomic E-state index is -0.900. The summed E-state index contributed by atoms with van der Waals surface area (Å²) in [5, 5.41) is 2.66. The van der Waals surface area contributed by atoms with Gasteiger partial charge in [-0.2, -0.15) is 0 Å². The summed E-state index contributed by atoms with van der Waals surface area (Å²) in [7, 11) is 0. The number of nitrogens with two attached hydrogens (primary N) is 1. The van der Waals surface area contributed by atoms with Crippen LogP contribution in [0.4, 0.5) is 4.39 Å². The Kier molecular flexibility index (Phi) is 1.66. The monoisotopic (exact) mass is 132 g/mol. The molecular weight excluding hydrogens is 123 g/mol. The molecule has 3 nitrogen and oxygen atoms in total. The highest BCUT2D eigenvalue weighted by Gasteiger charge is 2.26. The van der Waals surface area contributed by atoms with Crippen molar-refractivity contribution in [1.29, 1.82) is 0 Å². The van der Waals surface area contributed by atoms with Crippen LogP contribution in [0.5, 0.6) is 0 Å². The molecule has 4 heteroatoms.